The van der Waals surface area contributed by atoms with Crippen LogP contribution < -0.4 is 0 Å². The molecule has 35 heavy (non-hydrogen) atoms. The molecule has 0 radical (unpaired) electrons. The quantitative estimate of drug-likeness (QED) is 0.445. The molecule has 2 N–H and O–H groups in total. The van der Waals surface area contributed by atoms with Crippen molar-refractivity contribution in [1.29, 1.82) is 0 Å². The maximum atomic E-state index is 13.1. The number of ether oxygens (including phenoxy) is 4. The van der Waals surface area contributed by atoms with E-state index in [1.54, 1.807) is 13.8 Å². The molecule has 0 bridgehead atoms. The summed E-state index contributed by atoms with van der Waals surface area (Å²) >= 11 is 0. The minimum atomic E-state index is -1.39. The molecule has 3 rings (SSSR count). The molecule has 190 valence electrons. The van der Waals surface area contributed by atoms with E-state index in [1.165, 1.54) is 11.0 Å². The van der Waals surface area contributed by atoms with Crippen LogP contribution in [0, 0.1) is 0 Å². The first-order valence-electron chi connectivity index (χ1n) is 11.7. The predicted molar refractivity (Wildman–Crippen MR) is 130 cm³/mol. The van der Waals surface area contributed by atoms with Crippen LogP contribution in [-0.2, 0) is 32.2 Å². The Morgan fingerprint density at radius 2 is 1.71 bits per heavy atom. The van der Waals surface area contributed by atoms with Gasteiger partial charge in [-0.3, -0.25) is 4.90 Å². The number of hydrogen-bond donors (Lipinski definition) is 2. The van der Waals surface area contributed by atoms with Gasteiger partial charge in [-0.1, -0.05) is 66.7 Å². The zero-order valence-corrected chi connectivity index (χ0v) is 20.3. The van der Waals surface area contributed by atoms with Gasteiger partial charge in [0.05, 0.1) is 25.9 Å². The third kappa shape index (κ3) is 7.88. The number of carbonyl (C=O) groups excluding carboxylic acids is 1. The van der Waals surface area contributed by atoms with Gasteiger partial charge in [0, 0.05) is 6.54 Å². The summed E-state index contributed by atoms with van der Waals surface area (Å²) < 4.78 is 22.7. The van der Waals surface area contributed by atoms with Gasteiger partial charge in [-0.25, -0.2) is 4.79 Å². The zero-order chi connectivity index (χ0) is 25.3. The second-order valence-corrected chi connectivity index (χ2v) is 8.90. The van der Waals surface area contributed by atoms with Gasteiger partial charge in [-0.2, -0.15) is 0 Å². The fraction of sp³-hybridized carbons (Fsp3) is 0.444. The first-order valence-corrected chi connectivity index (χ1v) is 11.7. The average molecular weight is 486 g/mol. The third-order valence-electron chi connectivity index (χ3n) is 5.72. The molecule has 1 heterocycles. The van der Waals surface area contributed by atoms with Crippen molar-refractivity contribution in [2.75, 3.05) is 19.8 Å². The van der Waals surface area contributed by atoms with E-state index in [0.29, 0.717) is 0 Å². The summed E-state index contributed by atoms with van der Waals surface area (Å²) in [6.45, 7) is 7.70. The Balaban J connectivity index is 1.74. The Labute approximate surface area is 206 Å². The number of aliphatic hydroxyl groups excluding tert-OH is 2. The average Bonchev–Trinajstić information content (AvgIpc) is 3.24. The number of rotatable bonds is 12. The molecule has 8 nitrogen and oxygen atoms in total. The van der Waals surface area contributed by atoms with Gasteiger partial charge < -0.3 is 29.2 Å². The van der Waals surface area contributed by atoms with Crippen LogP contribution in [0.3, 0.4) is 0 Å². The second-order valence-electron chi connectivity index (χ2n) is 8.90. The van der Waals surface area contributed by atoms with Crippen LogP contribution in [0.4, 0.5) is 4.79 Å². The van der Waals surface area contributed by atoms with Gasteiger partial charge in [0.1, 0.15) is 24.9 Å². The highest BCUT2D eigenvalue weighted by atomic mass is 16.7. The van der Waals surface area contributed by atoms with Gasteiger partial charge in [0.25, 0.3) is 0 Å². The standard InChI is InChI=1S/C27H35NO7/c1-4-15-28(26(31)33-17-21-13-9-6-10-14-21)22(18-32-16-20-11-7-5-8-12-20)24(29)25(30)23-19-34-27(2,3)35-23/h4-14,22-25,29-30H,1,15-19H2,2-3H3/t22-,23-,24-,25-/m1/s1. The van der Waals surface area contributed by atoms with E-state index in [9.17, 15) is 15.0 Å². The highest BCUT2D eigenvalue weighted by Crippen LogP contribution is 2.27. The molecule has 8 heteroatoms. The molecule has 1 amide bonds. The number of carbonyl (C=O) groups is 1. The highest BCUT2D eigenvalue weighted by Gasteiger charge is 2.43. The maximum absolute atomic E-state index is 13.1. The summed E-state index contributed by atoms with van der Waals surface area (Å²) in [6.07, 6.45) is -2.60. The van der Waals surface area contributed by atoms with Gasteiger partial charge in [0.15, 0.2) is 5.79 Å². The summed E-state index contributed by atoms with van der Waals surface area (Å²) in [5.41, 5.74) is 1.77. The van der Waals surface area contributed by atoms with E-state index < -0.39 is 36.2 Å². The highest BCUT2D eigenvalue weighted by molar-refractivity contribution is 5.68. The minimum absolute atomic E-state index is 0.0433. The Bertz CT molecular complexity index is 922. The molecule has 4 atom stereocenters. The van der Waals surface area contributed by atoms with Crippen molar-refractivity contribution < 1.29 is 34.0 Å². The molecule has 2 aromatic rings. The summed E-state index contributed by atoms with van der Waals surface area (Å²) in [5, 5.41) is 22.1. The molecule has 1 saturated heterocycles. The molecule has 1 fully saturated rings. The SMILES string of the molecule is C=CCN(C(=O)OCc1ccccc1)[C@H](COCc1ccccc1)[C@@H](O)[C@H](O)[C@H]1COC(C)(C)O1. The van der Waals surface area contributed by atoms with E-state index in [4.69, 9.17) is 18.9 Å². The topological polar surface area (TPSA) is 97.7 Å². The van der Waals surface area contributed by atoms with Crippen LogP contribution in [0.25, 0.3) is 0 Å². The summed E-state index contributed by atoms with van der Waals surface area (Å²) in [5.74, 6) is -0.875. The number of hydrogen-bond acceptors (Lipinski definition) is 7. The van der Waals surface area contributed by atoms with Crippen LogP contribution in [-0.4, -0.2) is 71.1 Å². The molecule has 1 aliphatic rings. The molecule has 0 aromatic heterocycles. The molecule has 0 spiro atoms. The number of nitrogens with zero attached hydrogens (tertiary/aromatic N) is 1. The van der Waals surface area contributed by atoms with Crippen molar-refractivity contribution in [3.05, 3.63) is 84.4 Å². The van der Waals surface area contributed by atoms with Crippen LogP contribution in [0.15, 0.2) is 73.3 Å². The predicted octanol–water partition coefficient (Wildman–Crippen LogP) is 3.27. The number of amides is 1. The zero-order valence-electron chi connectivity index (χ0n) is 20.3. The molecule has 1 aliphatic heterocycles. The van der Waals surface area contributed by atoms with E-state index >= 15 is 0 Å². The van der Waals surface area contributed by atoms with Gasteiger partial charge in [-0.15, -0.1) is 6.58 Å². The van der Waals surface area contributed by atoms with Crippen molar-refractivity contribution in [1.82, 2.24) is 4.90 Å². The Hall–Kier alpha value is -2.75. The van der Waals surface area contributed by atoms with Crippen LogP contribution >= 0.6 is 0 Å². The van der Waals surface area contributed by atoms with Crippen molar-refractivity contribution in [2.45, 2.75) is 57.2 Å². The van der Waals surface area contributed by atoms with E-state index in [0.717, 1.165) is 11.1 Å². The lowest BCUT2D eigenvalue weighted by atomic mass is 10.0. The summed E-state index contributed by atoms with van der Waals surface area (Å²) in [7, 11) is 0. The first-order chi connectivity index (χ1) is 16.8. The van der Waals surface area contributed by atoms with Crippen molar-refractivity contribution in [2.24, 2.45) is 0 Å². The monoisotopic (exact) mass is 485 g/mol. The Morgan fingerprint density at radius 1 is 1.11 bits per heavy atom. The summed E-state index contributed by atoms with van der Waals surface area (Å²) in [4.78, 5) is 14.4. The largest absolute Gasteiger partial charge is 0.445 e. The van der Waals surface area contributed by atoms with Crippen molar-refractivity contribution in [3.63, 3.8) is 0 Å². The fourth-order valence-electron chi connectivity index (χ4n) is 3.86. The van der Waals surface area contributed by atoms with E-state index in [1.807, 2.05) is 60.7 Å². The van der Waals surface area contributed by atoms with Crippen LogP contribution in [0.1, 0.15) is 25.0 Å². The smallest absolute Gasteiger partial charge is 0.410 e. The van der Waals surface area contributed by atoms with Crippen molar-refractivity contribution >= 4 is 6.09 Å². The van der Waals surface area contributed by atoms with Gasteiger partial charge >= 0.3 is 6.09 Å². The minimum Gasteiger partial charge on any atom is -0.445 e. The van der Waals surface area contributed by atoms with Crippen molar-refractivity contribution in [3.8, 4) is 0 Å². The third-order valence-corrected chi connectivity index (χ3v) is 5.72. The Morgan fingerprint density at radius 3 is 2.26 bits per heavy atom. The second kappa shape index (κ2) is 12.8. The molecule has 2 aromatic carbocycles. The van der Waals surface area contributed by atoms with E-state index in [-0.39, 0.29) is 33.0 Å². The van der Waals surface area contributed by atoms with E-state index in [2.05, 4.69) is 6.58 Å². The number of aliphatic hydroxyl groups is 2. The van der Waals surface area contributed by atoms with Crippen LogP contribution in [0.5, 0.6) is 0 Å². The Kier molecular flexibility index (Phi) is 9.83. The van der Waals surface area contributed by atoms with Gasteiger partial charge in [0.2, 0.25) is 0 Å². The normalized spacial score (nSPS) is 19.5. The lowest BCUT2D eigenvalue weighted by molar-refractivity contribution is -0.166. The summed E-state index contributed by atoms with van der Waals surface area (Å²) in [6, 6.07) is 17.9. The molecular weight excluding hydrogens is 450 g/mol. The lowest BCUT2D eigenvalue weighted by Crippen LogP contribution is -2.56. The molecule has 0 unspecified atom stereocenters. The lowest BCUT2D eigenvalue weighted by Gasteiger charge is -2.36. The fourth-order valence-corrected chi connectivity index (χ4v) is 3.86. The molecule has 0 aliphatic carbocycles. The molecular formula is C27H35NO7. The van der Waals surface area contributed by atoms with Crippen LogP contribution in [0.2, 0.25) is 0 Å². The number of benzene rings is 2. The van der Waals surface area contributed by atoms with Gasteiger partial charge in [-0.05, 0) is 25.0 Å². The molecule has 0 saturated carbocycles. The maximum Gasteiger partial charge on any atom is 0.410 e. The first kappa shape index (κ1) is 26.8.